The molecule has 0 radical (unpaired) electrons. The minimum absolute atomic E-state index is 0.0519. The number of carbonyl (C=O) groups is 1. The van der Waals surface area contributed by atoms with Crippen molar-refractivity contribution in [3.8, 4) is 0 Å². The Morgan fingerprint density at radius 1 is 1.16 bits per heavy atom. The van der Waals surface area contributed by atoms with Gasteiger partial charge < -0.3 is 14.4 Å². The lowest BCUT2D eigenvalue weighted by Gasteiger charge is -2.42. The first-order chi connectivity index (χ1) is 9.24. The van der Waals surface area contributed by atoms with Crippen molar-refractivity contribution >= 4 is 5.91 Å². The summed E-state index contributed by atoms with van der Waals surface area (Å²) in [6, 6.07) is 9.47. The molecule has 0 unspecified atom stereocenters. The molecule has 0 aliphatic carbocycles. The summed E-state index contributed by atoms with van der Waals surface area (Å²) >= 11 is 0. The number of carbonyl (C=O) groups excluding carboxylic acids is 1. The van der Waals surface area contributed by atoms with E-state index in [1.165, 1.54) is 0 Å². The second kappa shape index (κ2) is 5.31. The van der Waals surface area contributed by atoms with E-state index in [0.29, 0.717) is 5.92 Å². The van der Waals surface area contributed by atoms with Crippen molar-refractivity contribution in [2.45, 2.75) is 32.3 Å². The molecule has 102 valence electrons. The summed E-state index contributed by atoms with van der Waals surface area (Å²) in [5.41, 5.74) is 0.769. The van der Waals surface area contributed by atoms with Crippen LogP contribution in [-0.2, 0) is 9.47 Å². The van der Waals surface area contributed by atoms with Gasteiger partial charge in [0.05, 0.1) is 0 Å². The van der Waals surface area contributed by atoms with Gasteiger partial charge in [0.15, 0.2) is 12.6 Å². The Morgan fingerprint density at radius 2 is 1.79 bits per heavy atom. The minimum Gasteiger partial charge on any atom is -0.339 e. The third-order valence-electron chi connectivity index (χ3n) is 3.88. The zero-order chi connectivity index (χ0) is 13.2. The van der Waals surface area contributed by atoms with E-state index in [-0.39, 0.29) is 18.5 Å². The molecule has 2 heterocycles. The lowest BCUT2D eigenvalue weighted by atomic mass is 9.95. The summed E-state index contributed by atoms with van der Waals surface area (Å²) in [5, 5.41) is 0. The fourth-order valence-corrected chi connectivity index (χ4v) is 2.75. The quantitative estimate of drug-likeness (QED) is 0.819. The summed E-state index contributed by atoms with van der Waals surface area (Å²) in [7, 11) is 0. The van der Waals surface area contributed by atoms with Gasteiger partial charge in [0.25, 0.3) is 5.91 Å². The van der Waals surface area contributed by atoms with Gasteiger partial charge in [-0.15, -0.1) is 0 Å². The van der Waals surface area contributed by atoms with Crippen molar-refractivity contribution in [2.75, 3.05) is 13.1 Å². The highest BCUT2D eigenvalue weighted by Gasteiger charge is 2.37. The molecule has 0 aromatic heterocycles. The molecule has 2 saturated heterocycles. The van der Waals surface area contributed by atoms with Crippen molar-refractivity contribution < 1.29 is 14.3 Å². The lowest BCUT2D eigenvalue weighted by Crippen LogP contribution is -2.48. The van der Waals surface area contributed by atoms with Crippen LogP contribution in [0, 0.1) is 5.92 Å². The smallest absolute Gasteiger partial charge is 0.253 e. The van der Waals surface area contributed by atoms with Gasteiger partial charge in [-0.3, -0.25) is 4.79 Å². The summed E-state index contributed by atoms with van der Waals surface area (Å²) in [5.74, 6) is 0.555. The van der Waals surface area contributed by atoms with Crippen molar-refractivity contribution in [2.24, 2.45) is 5.92 Å². The molecular weight excluding hydrogens is 242 g/mol. The predicted molar refractivity (Wildman–Crippen MR) is 70.5 cm³/mol. The third kappa shape index (κ3) is 2.65. The molecule has 2 aliphatic rings. The van der Waals surface area contributed by atoms with Gasteiger partial charge >= 0.3 is 0 Å². The Balaban J connectivity index is 1.54. The van der Waals surface area contributed by atoms with Gasteiger partial charge in [0, 0.05) is 24.6 Å². The highest BCUT2D eigenvalue weighted by molar-refractivity contribution is 5.94. The van der Waals surface area contributed by atoms with Crippen LogP contribution in [-0.4, -0.2) is 36.5 Å². The fraction of sp³-hybridized carbons (Fsp3) is 0.533. The lowest BCUT2D eigenvalue weighted by molar-refractivity contribution is -0.394. The van der Waals surface area contributed by atoms with Crippen LogP contribution in [0.3, 0.4) is 0 Å². The van der Waals surface area contributed by atoms with Crippen molar-refractivity contribution in [1.82, 2.24) is 4.90 Å². The Hall–Kier alpha value is -1.39. The first kappa shape index (κ1) is 12.6. The van der Waals surface area contributed by atoms with E-state index >= 15 is 0 Å². The number of nitrogens with zero attached hydrogens (tertiary/aromatic N) is 1. The number of piperidine rings is 1. The summed E-state index contributed by atoms with van der Waals surface area (Å²) in [6.45, 7) is 3.48. The van der Waals surface area contributed by atoms with E-state index in [9.17, 15) is 4.79 Å². The van der Waals surface area contributed by atoms with E-state index in [0.717, 1.165) is 31.5 Å². The van der Waals surface area contributed by atoms with Gasteiger partial charge in [-0.2, -0.15) is 0 Å². The molecule has 0 atom stereocenters. The van der Waals surface area contributed by atoms with Crippen LogP contribution >= 0.6 is 0 Å². The van der Waals surface area contributed by atoms with E-state index in [1.54, 1.807) is 0 Å². The first-order valence-corrected chi connectivity index (χ1v) is 6.89. The summed E-state index contributed by atoms with van der Waals surface area (Å²) in [4.78, 5) is 14.2. The molecule has 0 bridgehead atoms. The van der Waals surface area contributed by atoms with Crippen LogP contribution in [0.15, 0.2) is 30.3 Å². The first-order valence-electron chi connectivity index (χ1n) is 6.89. The number of amides is 1. The maximum Gasteiger partial charge on any atom is 0.253 e. The van der Waals surface area contributed by atoms with E-state index in [4.69, 9.17) is 9.47 Å². The second-order valence-electron chi connectivity index (χ2n) is 5.20. The second-order valence-corrected chi connectivity index (χ2v) is 5.20. The Kier molecular flexibility index (Phi) is 3.53. The molecule has 0 saturated carbocycles. The van der Waals surface area contributed by atoms with Crippen LogP contribution in [0.4, 0.5) is 0 Å². The Labute approximate surface area is 113 Å². The predicted octanol–water partition coefficient (Wildman–Crippen LogP) is 2.26. The maximum atomic E-state index is 12.3. The van der Waals surface area contributed by atoms with Crippen LogP contribution < -0.4 is 0 Å². The van der Waals surface area contributed by atoms with Crippen LogP contribution in [0.1, 0.15) is 30.1 Å². The molecule has 1 aromatic carbocycles. The normalized spacial score (nSPS) is 27.9. The van der Waals surface area contributed by atoms with Crippen LogP contribution in [0.5, 0.6) is 0 Å². The molecule has 1 amide bonds. The summed E-state index contributed by atoms with van der Waals surface area (Å²) < 4.78 is 11.1. The average Bonchev–Trinajstić information content (AvgIpc) is 2.44. The topological polar surface area (TPSA) is 38.8 Å². The van der Waals surface area contributed by atoms with E-state index < -0.39 is 0 Å². The van der Waals surface area contributed by atoms with Gasteiger partial charge in [-0.05, 0) is 31.9 Å². The molecular formula is C15H19NO3. The molecule has 0 N–H and O–H groups in total. The van der Waals surface area contributed by atoms with E-state index in [1.807, 2.05) is 42.2 Å². The fourth-order valence-electron chi connectivity index (χ4n) is 2.75. The Morgan fingerprint density at radius 3 is 2.37 bits per heavy atom. The molecule has 3 rings (SSSR count). The van der Waals surface area contributed by atoms with Gasteiger partial charge in [-0.25, -0.2) is 0 Å². The SMILES string of the molecule is CC1OC(C2CCN(C(=O)c3ccccc3)CC2)O1. The zero-order valence-electron chi connectivity index (χ0n) is 11.1. The Bertz CT molecular complexity index is 434. The highest BCUT2D eigenvalue weighted by atomic mass is 16.9. The number of hydrogen-bond donors (Lipinski definition) is 0. The number of ether oxygens (including phenoxy) is 2. The maximum absolute atomic E-state index is 12.3. The largest absolute Gasteiger partial charge is 0.339 e. The molecule has 2 aliphatic heterocycles. The number of hydrogen-bond acceptors (Lipinski definition) is 3. The molecule has 2 fully saturated rings. The molecule has 4 heteroatoms. The highest BCUT2D eigenvalue weighted by Crippen LogP contribution is 2.31. The number of rotatable bonds is 2. The third-order valence-corrected chi connectivity index (χ3v) is 3.88. The van der Waals surface area contributed by atoms with Crippen molar-refractivity contribution in [3.05, 3.63) is 35.9 Å². The van der Waals surface area contributed by atoms with Crippen LogP contribution in [0.25, 0.3) is 0 Å². The van der Waals surface area contributed by atoms with Gasteiger partial charge in [0.2, 0.25) is 0 Å². The van der Waals surface area contributed by atoms with Crippen molar-refractivity contribution in [1.29, 1.82) is 0 Å². The van der Waals surface area contributed by atoms with Crippen molar-refractivity contribution in [3.63, 3.8) is 0 Å². The standard InChI is InChI=1S/C15H19NO3/c1-11-18-15(19-11)13-7-9-16(10-8-13)14(17)12-5-3-2-4-6-12/h2-6,11,13,15H,7-10H2,1H3. The van der Waals surface area contributed by atoms with Crippen LogP contribution in [0.2, 0.25) is 0 Å². The summed E-state index contributed by atoms with van der Waals surface area (Å²) in [6.07, 6.45) is 1.80. The zero-order valence-corrected chi connectivity index (χ0v) is 11.1. The number of benzene rings is 1. The number of likely N-dealkylation sites (tertiary alicyclic amines) is 1. The van der Waals surface area contributed by atoms with Gasteiger partial charge in [0.1, 0.15) is 0 Å². The minimum atomic E-state index is -0.0611. The average molecular weight is 261 g/mol. The molecule has 19 heavy (non-hydrogen) atoms. The molecule has 4 nitrogen and oxygen atoms in total. The van der Waals surface area contributed by atoms with Gasteiger partial charge in [-0.1, -0.05) is 18.2 Å². The van der Waals surface area contributed by atoms with E-state index in [2.05, 4.69) is 0 Å². The monoisotopic (exact) mass is 261 g/mol. The molecule has 0 spiro atoms. The molecule has 1 aromatic rings.